The lowest BCUT2D eigenvalue weighted by Crippen LogP contribution is -2.12. The number of hydrogen-bond donors (Lipinski definition) is 2. The molecule has 0 saturated carbocycles. The van der Waals surface area contributed by atoms with E-state index in [1.165, 1.54) is 10.7 Å². The van der Waals surface area contributed by atoms with Crippen LogP contribution in [0.5, 0.6) is 0 Å². The molecule has 3 aromatic heterocycles. The number of aromatic nitrogens is 5. The molecular formula is C15H9BrF2N6O. The van der Waals surface area contributed by atoms with Crippen LogP contribution in [-0.4, -0.2) is 30.5 Å². The molecule has 1 amide bonds. The third-order valence-electron chi connectivity index (χ3n) is 3.53. The molecule has 1 aromatic carbocycles. The van der Waals surface area contributed by atoms with Crippen molar-refractivity contribution < 1.29 is 13.6 Å². The van der Waals surface area contributed by atoms with Gasteiger partial charge in [-0.1, -0.05) is 0 Å². The molecule has 0 aliphatic carbocycles. The van der Waals surface area contributed by atoms with Gasteiger partial charge in [-0.15, -0.1) is 0 Å². The van der Waals surface area contributed by atoms with Gasteiger partial charge in [0.25, 0.3) is 12.3 Å². The van der Waals surface area contributed by atoms with Crippen LogP contribution in [-0.2, 0) is 0 Å². The van der Waals surface area contributed by atoms with Crippen LogP contribution in [0, 0.1) is 0 Å². The zero-order valence-electron chi connectivity index (χ0n) is 12.4. The maximum Gasteiger partial charge on any atom is 0.295 e. The van der Waals surface area contributed by atoms with Crippen LogP contribution in [0.25, 0.3) is 16.7 Å². The number of imidazole rings is 1. The van der Waals surface area contributed by atoms with Crippen LogP contribution in [0.4, 0.5) is 14.5 Å². The van der Waals surface area contributed by atoms with Gasteiger partial charge in [0, 0.05) is 18.1 Å². The van der Waals surface area contributed by atoms with E-state index in [0.29, 0.717) is 27.9 Å². The highest BCUT2D eigenvalue weighted by Crippen LogP contribution is 2.23. The zero-order chi connectivity index (χ0) is 17.6. The van der Waals surface area contributed by atoms with Gasteiger partial charge in [-0.05, 0) is 34.1 Å². The Morgan fingerprint density at radius 1 is 1.32 bits per heavy atom. The van der Waals surface area contributed by atoms with Gasteiger partial charge in [-0.3, -0.25) is 4.79 Å². The first-order valence-corrected chi connectivity index (χ1v) is 7.88. The molecule has 0 bridgehead atoms. The van der Waals surface area contributed by atoms with Crippen molar-refractivity contribution in [1.29, 1.82) is 0 Å². The third-order valence-corrected chi connectivity index (χ3v) is 3.94. The van der Waals surface area contributed by atoms with Crippen molar-refractivity contribution in [3.8, 4) is 0 Å². The Morgan fingerprint density at radius 3 is 2.96 bits per heavy atom. The van der Waals surface area contributed by atoms with E-state index in [1.807, 2.05) is 0 Å². The van der Waals surface area contributed by atoms with Crippen LogP contribution in [0.2, 0.25) is 0 Å². The maximum atomic E-state index is 12.7. The monoisotopic (exact) mass is 406 g/mol. The van der Waals surface area contributed by atoms with E-state index < -0.39 is 18.2 Å². The molecule has 10 heteroatoms. The molecule has 0 radical (unpaired) electrons. The molecule has 0 saturated heterocycles. The summed E-state index contributed by atoms with van der Waals surface area (Å²) in [5, 5.41) is 6.78. The normalized spacial score (nSPS) is 11.5. The summed E-state index contributed by atoms with van der Waals surface area (Å²) >= 11 is 3.28. The molecule has 3 heterocycles. The fourth-order valence-corrected chi connectivity index (χ4v) is 2.72. The quantitative estimate of drug-likeness (QED) is 0.544. The highest BCUT2D eigenvalue weighted by molar-refractivity contribution is 9.10. The minimum absolute atomic E-state index is 0.297. The Bertz CT molecular complexity index is 1110. The van der Waals surface area contributed by atoms with Crippen molar-refractivity contribution in [2.45, 2.75) is 6.43 Å². The Kier molecular flexibility index (Phi) is 3.68. The molecule has 4 rings (SSSR count). The molecule has 0 aliphatic rings. The first-order chi connectivity index (χ1) is 12.0. The van der Waals surface area contributed by atoms with E-state index in [2.05, 4.69) is 41.3 Å². The highest BCUT2D eigenvalue weighted by atomic mass is 79.9. The number of hydrogen-bond acceptors (Lipinski definition) is 4. The zero-order valence-corrected chi connectivity index (χ0v) is 14.0. The average Bonchev–Trinajstić information content (AvgIpc) is 3.17. The highest BCUT2D eigenvalue weighted by Gasteiger charge is 2.16. The van der Waals surface area contributed by atoms with Gasteiger partial charge in [0.15, 0.2) is 11.5 Å². The second-order valence-corrected chi connectivity index (χ2v) is 6.12. The third kappa shape index (κ3) is 2.84. The molecule has 0 fully saturated rings. The van der Waals surface area contributed by atoms with Crippen molar-refractivity contribution in [3.05, 3.63) is 52.7 Å². The summed E-state index contributed by atoms with van der Waals surface area (Å²) in [4.78, 5) is 22.9. The van der Waals surface area contributed by atoms with Crippen LogP contribution in [0.15, 0.2) is 41.3 Å². The average molecular weight is 407 g/mol. The number of halogens is 3. The van der Waals surface area contributed by atoms with E-state index in [1.54, 1.807) is 30.6 Å². The molecule has 4 aromatic rings. The van der Waals surface area contributed by atoms with Crippen molar-refractivity contribution in [1.82, 2.24) is 24.6 Å². The predicted octanol–water partition coefficient (Wildman–Crippen LogP) is 3.56. The molecule has 0 unspecified atom stereocenters. The second-order valence-electron chi connectivity index (χ2n) is 5.21. The minimum Gasteiger partial charge on any atom is -0.337 e. The summed E-state index contributed by atoms with van der Waals surface area (Å²) in [7, 11) is 0. The lowest BCUT2D eigenvalue weighted by atomic mass is 10.2. The summed E-state index contributed by atoms with van der Waals surface area (Å²) in [6.07, 6.45) is 1.97. The number of alkyl halides is 2. The first-order valence-electron chi connectivity index (χ1n) is 7.09. The number of aromatic amines is 1. The number of anilines is 1. The number of H-pyrrole nitrogens is 1. The number of nitrogens with zero attached hydrogens (tertiary/aromatic N) is 4. The second kappa shape index (κ2) is 5.88. The van der Waals surface area contributed by atoms with E-state index >= 15 is 0 Å². The summed E-state index contributed by atoms with van der Waals surface area (Å²) in [6.45, 7) is 0. The van der Waals surface area contributed by atoms with E-state index in [4.69, 9.17) is 0 Å². The van der Waals surface area contributed by atoms with E-state index in [9.17, 15) is 13.6 Å². The van der Waals surface area contributed by atoms with Gasteiger partial charge >= 0.3 is 0 Å². The van der Waals surface area contributed by atoms with Crippen LogP contribution in [0.1, 0.15) is 22.6 Å². The molecule has 7 nitrogen and oxygen atoms in total. The molecule has 0 aliphatic heterocycles. The number of rotatable bonds is 3. The van der Waals surface area contributed by atoms with Crippen LogP contribution < -0.4 is 5.32 Å². The largest absolute Gasteiger partial charge is 0.337 e. The molecule has 2 N–H and O–H groups in total. The van der Waals surface area contributed by atoms with Crippen molar-refractivity contribution in [3.63, 3.8) is 0 Å². The standard InChI is InChI=1S/C15H9BrF2N6O/c16-7-4-19-14-9(5-20-24(14)6-7)15(25)21-8-1-2-10-11(3-8)23-13(22-10)12(17)18/h1-6,12H,(H,21,25)(H,22,23). The van der Waals surface area contributed by atoms with Gasteiger partial charge in [0.2, 0.25) is 0 Å². The lowest BCUT2D eigenvalue weighted by Gasteiger charge is -2.04. The lowest BCUT2D eigenvalue weighted by molar-refractivity contribution is 0.102. The minimum atomic E-state index is -2.69. The van der Waals surface area contributed by atoms with Gasteiger partial charge in [-0.25, -0.2) is 23.3 Å². The number of fused-ring (bicyclic) bond motifs is 2. The fourth-order valence-electron chi connectivity index (χ4n) is 2.42. The summed E-state index contributed by atoms with van der Waals surface area (Å²) in [5.41, 5.74) is 1.96. The van der Waals surface area contributed by atoms with Crippen molar-refractivity contribution >= 4 is 44.2 Å². The summed E-state index contributed by atoms with van der Waals surface area (Å²) < 4.78 is 27.6. The van der Waals surface area contributed by atoms with E-state index in [0.717, 1.165) is 4.47 Å². The molecule has 0 spiro atoms. The fraction of sp³-hybridized carbons (Fsp3) is 0.0667. The van der Waals surface area contributed by atoms with Crippen molar-refractivity contribution in [2.24, 2.45) is 0 Å². The van der Waals surface area contributed by atoms with Crippen molar-refractivity contribution in [2.75, 3.05) is 5.32 Å². The van der Waals surface area contributed by atoms with Gasteiger partial charge < -0.3 is 10.3 Å². The molecule has 0 atom stereocenters. The SMILES string of the molecule is O=C(Nc1ccc2nc(C(F)F)[nH]c2c1)c1cnn2cc(Br)cnc12. The summed E-state index contributed by atoms with van der Waals surface area (Å²) in [6, 6.07) is 4.69. The Labute approximate surface area is 147 Å². The van der Waals surface area contributed by atoms with Gasteiger partial charge in [0.05, 0.1) is 21.7 Å². The first kappa shape index (κ1) is 15.6. The molecular weight excluding hydrogens is 398 g/mol. The number of amides is 1. The maximum absolute atomic E-state index is 12.7. The Morgan fingerprint density at radius 2 is 2.16 bits per heavy atom. The topological polar surface area (TPSA) is 88.0 Å². The number of carbonyl (C=O) groups excluding carboxylic acids is 1. The summed E-state index contributed by atoms with van der Waals surface area (Å²) in [5.74, 6) is -0.811. The number of nitrogens with one attached hydrogen (secondary N) is 2. The number of carbonyl (C=O) groups is 1. The molecule has 126 valence electrons. The van der Waals surface area contributed by atoms with Gasteiger partial charge in [-0.2, -0.15) is 5.10 Å². The predicted molar refractivity (Wildman–Crippen MR) is 89.7 cm³/mol. The molecule has 25 heavy (non-hydrogen) atoms. The number of benzene rings is 1. The Hall–Kier alpha value is -2.88. The Balaban J connectivity index is 1.64. The van der Waals surface area contributed by atoms with E-state index in [-0.39, 0.29) is 0 Å². The van der Waals surface area contributed by atoms with Gasteiger partial charge in [0.1, 0.15) is 5.56 Å². The smallest absolute Gasteiger partial charge is 0.295 e. The van der Waals surface area contributed by atoms with Crippen LogP contribution >= 0.6 is 15.9 Å². The van der Waals surface area contributed by atoms with Crippen LogP contribution in [0.3, 0.4) is 0 Å².